The van der Waals surface area contributed by atoms with Crippen LogP contribution in [0.1, 0.15) is 17.5 Å². The van der Waals surface area contributed by atoms with Crippen molar-refractivity contribution in [3.8, 4) is 0 Å². The molecular formula is C14H24N2. The van der Waals surface area contributed by atoms with Crippen LogP contribution in [0.3, 0.4) is 0 Å². The Labute approximate surface area is 99.7 Å². The van der Waals surface area contributed by atoms with Crippen molar-refractivity contribution < 1.29 is 0 Å². The molecule has 1 aromatic rings. The molecule has 0 heterocycles. The van der Waals surface area contributed by atoms with Crippen molar-refractivity contribution in [1.82, 2.24) is 10.2 Å². The Morgan fingerprint density at radius 1 is 1.31 bits per heavy atom. The van der Waals surface area contributed by atoms with Gasteiger partial charge in [0.1, 0.15) is 0 Å². The second kappa shape index (κ2) is 6.66. The maximum Gasteiger partial charge on any atom is 0.0117 e. The van der Waals surface area contributed by atoms with Crippen LogP contribution in [0.4, 0.5) is 0 Å². The van der Waals surface area contributed by atoms with E-state index in [1.54, 1.807) is 0 Å². The van der Waals surface area contributed by atoms with Gasteiger partial charge in [0.15, 0.2) is 0 Å². The number of hydrogen-bond donors (Lipinski definition) is 1. The first-order valence-electron chi connectivity index (χ1n) is 5.99. The molecular weight excluding hydrogens is 196 g/mol. The zero-order chi connectivity index (χ0) is 12.0. The third-order valence-electron chi connectivity index (χ3n) is 2.90. The lowest BCUT2D eigenvalue weighted by atomic mass is 10.0. The summed E-state index contributed by atoms with van der Waals surface area (Å²) in [5.41, 5.74) is 2.78. The van der Waals surface area contributed by atoms with E-state index >= 15 is 0 Å². The van der Waals surface area contributed by atoms with Crippen LogP contribution in [-0.2, 0) is 6.42 Å². The van der Waals surface area contributed by atoms with Gasteiger partial charge in [-0.15, -0.1) is 0 Å². The highest BCUT2D eigenvalue weighted by Gasteiger charge is 2.07. The largest absolute Gasteiger partial charge is 0.317 e. The van der Waals surface area contributed by atoms with Gasteiger partial charge in [-0.05, 0) is 53.0 Å². The summed E-state index contributed by atoms with van der Waals surface area (Å²) in [6.45, 7) is 3.29. The zero-order valence-corrected chi connectivity index (χ0v) is 11.0. The number of rotatable bonds is 6. The molecule has 1 atom stereocenters. The fourth-order valence-electron chi connectivity index (χ4n) is 1.89. The van der Waals surface area contributed by atoms with E-state index in [1.807, 2.05) is 0 Å². The number of aryl methyl sites for hydroxylation is 1. The second-order valence-corrected chi connectivity index (χ2v) is 4.77. The Bertz CT molecular complexity index is 307. The third kappa shape index (κ3) is 4.77. The van der Waals surface area contributed by atoms with Crippen LogP contribution in [0, 0.1) is 6.92 Å². The van der Waals surface area contributed by atoms with E-state index in [-0.39, 0.29) is 0 Å². The van der Waals surface area contributed by atoms with Gasteiger partial charge in [0.2, 0.25) is 0 Å². The minimum atomic E-state index is 0.573. The van der Waals surface area contributed by atoms with Crippen molar-refractivity contribution in [2.45, 2.75) is 25.8 Å². The van der Waals surface area contributed by atoms with E-state index in [2.05, 4.69) is 62.5 Å². The van der Waals surface area contributed by atoms with Gasteiger partial charge in [-0.25, -0.2) is 0 Å². The predicted molar refractivity (Wildman–Crippen MR) is 70.9 cm³/mol. The molecule has 1 N–H and O–H groups in total. The summed E-state index contributed by atoms with van der Waals surface area (Å²) in [5, 5.41) is 3.40. The highest BCUT2D eigenvalue weighted by molar-refractivity contribution is 5.22. The molecule has 0 amide bonds. The number of likely N-dealkylation sites (N-methyl/N-ethyl adjacent to an activating group) is 1. The van der Waals surface area contributed by atoms with Crippen molar-refractivity contribution in [1.29, 1.82) is 0 Å². The summed E-state index contributed by atoms with van der Waals surface area (Å²) in [5.74, 6) is 0. The summed E-state index contributed by atoms with van der Waals surface area (Å²) >= 11 is 0. The molecule has 1 aromatic carbocycles. The Morgan fingerprint density at radius 2 is 2.06 bits per heavy atom. The molecule has 1 unspecified atom stereocenters. The van der Waals surface area contributed by atoms with Crippen LogP contribution in [0.2, 0.25) is 0 Å². The molecule has 0 aliphatic heterocycles. The molecule has 0 aliphatic carbocycles. The first-order chi connectivity index (χ1) is 7.61. The SMILES string of the molecule is CNC(CCN(C)C)Cc1cccc(C)c1. The molecule has 0 bridgehead atoms. The van der Waals surface area contributed by atoms with Crippen molar-refractivity contribution in [3.63, 3.8) is 0 Å². The maximum atomic E-state index is 3.40. The summed E-state index contributed by atoms with van der Waals surface area (Å²) in [6.07, 6.45) is 2.31. The minimum absolute atomic E-state index is 0.573. The van der Waals surface area contributed by atoms with Crippen LogP contribution < -0.4 is 5.32 Å². The van der Waals surface area contributed by atoms with Crippen LogP contribution >= 0.6 is 0 Å². The fourth-order valence-corrected chi connectivity index (χ4v) is 1.89. The quantitative estimate of drug-likeness (QED) is 0.789. The van der Waals surface area contributed by atoms with Crippen molar-refractivity contribution in [2.24, 2.45) is 0 Å². The van der Waals surface area contributed by atoms with Gasteiger partial charge in [-0.2, -0.15) is 0 Å². The Hall–Kier alpha value is -0.860. The smallest absolute Gasteiger partial charge is 0.0117 e. The normalized spacial score (nSPS) is 13.1. The minimum Gasteiger partial charge on any atom is -0.317 e. The molecule has 2 nitrogen and oxygen atoms in total. The summed E-state index contributed by atoms with van der Waals surface area (Å²) in [4.78, 5) is 2.24. The first-order valence-corrected chi connectivity index (χ1v) is 5.99. The van der Waals surface area contributed by atoms with E-state index in [9.17, 15) is 0 Å². The number of nitrogens with one attached hydrogen (secondary N) is 1. The predicted octanol–water partition coefficient (Wildman–Crippen LogP) is 2.08. The highest BCUT2D eigenvalue weighted by atomic mass is 15.1. The van der Waals surface area contributed by atoms with E-state index in [4.69, 9.17) is 0 Å². The van der Waals surface area contributed by atoms with E-state index < -0.39 is 0 Å². The van der Waals surface area contributed by atoms with Gasteiger partial charge < -0.3 is 10.2 Å². The topological polar surface area (TPSA) is 15.3 Å². The highest BCUT2D eigenvalue weighted by Crippen LogP contribution is 2.08. The van der Waals surface area contributed by atoms with Crippen molar-refractivity contribution in [3.05, 3.63) is 35.4 Å². The van der Waals surface area contributed by atoms with Gasteiger partial charge in [-0.1, -0.05) is 29.8 Å². The number of nitrogens with zero attached hydrogens (tertiary/aromatic N) is 1. The number of benzene rings is 1. The Balaban J connectivity index is 2.49. The fraction of sp³-hybridized carbons (Fsp3) is 0.571. The molecule has 0 aromatic heterocycles. The molecule has 0 fully saturated rings. The average molecular weight is 220 g/mol. The standard InChI is InChI=1S/C14H24N2/c1-12-6-5-7-13(10-12)11-14(15-2)8-9-16(3)4/h5-7,10,14-15H,8-9,11H2,1-4H3. The lowest BCUT2D eigenvalue weighted by Gasteiger charge is -2.19. The van der Waals surface area contributed by atoms with Crippen molar-refractivity contribution in [2.75, 3.05) is 27.7 Å². The maximum absolute atomic E-state index is 3.40. The van der Waals surface area contributed by atoms with E-state index in [0.717, 1.165) is 13.0 Å². The van der Waals surface area contributed by atoms with Gasteiger partial charge in [0.25, 0.3) is 0 Å². The average Bonchev–Trinajstić information content (AvgIpc) is 2.24. The molecule has 0 saturated heterocycles. The molecule has 0 spiro atoms. The second-order valence-electron chi connectivity index (χ2n) is 4.77. The number of hydrogen-bond acceptors (Lipinski definition) is 2. The van der Waals surface area contributed by atoms with Crippen LogP contribution in [0.5, 0.6) is 0 Å². The molecule has 16 heavy (non-hydrogen) atoms. The first kappa shape index (κ1) is 13.2. The van der Waals surface area contributed by atoms with Gasteiger partial charge >= 0.3 is 0 Å². The van der Waals surface area contributed by atoms with Crippen LogP contribution in [-0.4, -0.2) is 38.6 Å². The van der Waals surface area contributed by atoms with Crippen LogP contribution in [0.25, 0.3) is 0 Å². The van der Waals surface area contributed by atoms with E-state index in [1.165, 1.54) is 17.5 Å². The molecule has 0 radical (unpaired) electrons. The van der Waals surface area contributed by atoms with Gasteiger partial charge in [0.05, 0.1) is 0 Å². The summed E-state index contributed by atoms with van der Waals surface area (Å²) in [7, 11) is 6.30. The van der Waals surface area contributed by atoms with Crippen molar-refractivity contribution >= 4 is 0 Å². The lowest BCUT2D eigenvalue weighted by Crippen LogP contribution is -2.31. The Morgan fingerprint density at radius 3 is 2.62 bits per heavy atom. The third-order valence-corrected chi connectivity index (χ3v) is 2.90. The summed E-state index contributed by atoms with van der Waals surface area (Å²) in [6, 6.07) is 9.36. The monoisotopic (exact) mass is 220 g/mol. The molecule has 90 valence electrons. The van der Waals surface area contributed by atoms with Gasteiger partial charge in [0, 0.05) is 6.04 Å². The summed E-state index contributed by atoms with van der Waals surface area (Å²) < 4.78 is 0. The Kier molecular flexibility index (Phi) is 5.50. The molecule has 1 rings (SSSR count). The lowest BCUT2D eigenvalue weighted by molar-refractivity contribution is 0.364. The molecule has 0 aliphatic rings. The zero-order valence-electron chi connectivity index (χ0n) is 11.0. The molecule has 0 saturated carbocycles. The van der Waals surface area contributed by atoms with Gasteiger partial charge in [-0.3, -0.25) is 0 Å². The van der Waals surface area contributed by atoms with Crippen LogP contribution in [0.15, 0.2) is 24.3 Å². The molecule has 2 heteroatoms. The van der Waals surface area contributed by atoms with E-state index in [0.29, 0.717) is 6.04 Å².